The van der Waals surface area contributed by atoms with E-state index in [2.05, 4.69) is 0 Å². The van der Waals surface area contributed by atoms with Gasteiger partial charge >= 0.3 is 5.97 Å². The minimum Gasteiger partial charge on any atom is -0.481 e. The van der Waals surface area contributed by atoms with Gasteiger partial charge in [-0.15, -0.1) is 0 Å². The third-order valence-corrected chi connectivity index (χ3v) is 3.00. The summed E-state index contributed by atoms with van der Waals surface area (Å²) < 4.78 is 0. The smallest absolute Gasteiger partial charge is 0.308 e. The lowest BCUT2D eigenvalue weighted by molar-refractivity contribution is -0.140. The molecular weight excluding hydrogens is 242 g/mol. The van der Waals surface area contributed by atoms with E-state index < -0.39 is 11.9 Å². The molecule has 0 bridgehead atoms. The molecule has 0 fully saturated rings. The Kier molecular flexibility index (Phi) is 5.10. The van der Waals surface area contributed by atoms with Gasteiger partial charge in [-0.05, 0) is 37.1 Å². The molecule has 4 nitrogen and oxygen atoms in total. The van der Waals surface area contributed by atoms with E-state index in [0.29, 0.717) is 6.42 Å². The van der Waals surface area contributed by atoms with Crippen LogP contribution in [0.2, 0.25) is 0 Å². The largest absolute Gasteiger partial charge is 0.481 e. The molecule has 104 valence electrons. The number of amides is 1. The van der Waals surface area contributed by atoms with Gasteiger partial charge in [-0.2, -0.15) is 0 Å². The summed E-state index contributed by atoms with van der Waals surface area (Å²) in [6.45, 7) is 7.52. The number of hydrogen-bond acceptors (Lipinski definition) is 2. The molecule has 1 N–H and O–H groups in total. The molecule has 1 rings (SSSR count). The molecule has 0 heterocycles. The monoisotopic (exact) mass is 263 g/mol. The van der Waals surface area contributed by atoms with Crippen LogP contribution in [0, 0.1) is 19.8 Å². The van der Waals surface area contributed by atoms with Gasteiger partial charge in [0.1, 0.15) is 0 Å². The minimum atomic E-state index is -0.890. The first-order chi connectivity index (χ1) is 8.85. The second kappa shape index (κ2) is 6.36. The average Bonchev–Trinajstić information content (AvgIpc) is 2.33. The fourth-order valence-corrected chi connectivity index (χ4v) is 2.00. The zero-order valence-electron chi connectivity index (χ0n) is 11.9. The number of carbonyl (C=O) groups excluding carboxylic acids is 1. The molecule has 0 aliphatic carbocycles. The molecule has 0 aliphatic rings. The number of carboxylic acids is 1. The maximum Gasteiger partial charge on any atom is 0.308 e. The van der Waals surface area contributed by atoms with Crippen molar-refractivity contribution in [2.75, 3.05) is 11.4 Å². The molecule has 4 heteroatoms. The number of anilines is 1. The van der Waals surface area contributed by atoms with E-state index >= 15 is 0 Å². The minimum absolute atomic E-state index is 0.0573. The highest BCUT2D eigenvalue weighted by molar-refractivity contribution is 5.94. The lowest BCUT2D eigenvalue weighted by Crippen LogP contribution is -2.36. The van der Waals surface area contributed by atoms with Crippen molar-refractivity contribution in [1.82, 2.24) is 0 Å². The van der Waals surface area contributed by atoms with E-state index in [-0.39, 0.29) is 12.5 Å². The molecule has 0 saturated heterocycles. The Labute approximate surface area is 114 Å². The van der Waals surface area contributed by atoms with Crippen molar-refractivity contribution in [3.63, 3.8) is 0 Å². The van der Waals surface area contributed by atoms with Crippen molar-refractivity contribution in [2.45, 2.75) is 34.1 Å². The zero-order valence-corrected chi connectivity index (χ0v) is 11.9. The van der Waals surface area contributed by atoms with Crippen LogP contribution in [0.5, 0.6) is 0 Å². The third kappa shape index (κ3) is 4.09. The van der Waals surface area contributed by atoms with Crippen molar-refractivity contribution < 1.29 is 14.7 Å². The summed E-state index contributed by atoms with van der Waals surface area (Å²) in [5.41, 5.74) is 2.90. The average molecular weight is 263 g/mol. The lowest BCUT2D eigenvalue weighted by atomic mass is 10.1. The van der Waals surface area contributed by atoms with Gasteiger partial charge < -0.3 is 10.0 Å². The van der Waals surface area contributed by atoms with Gasteiger partial charge in [0.05, 0.1) is 5.92 Å². The summed E-state index contributed by atoms with van der Waals surface area (Å²) in [5, 5.41) is 9.00. The summed E-state index contributed by atoms with van der Waals surface area (Å²) in [7, 11) is 0. The topological polar surface area (TPSA) is 57.6 Å². The quantitative estimate of drug-likeness (QED) is 0.888. The number of hydrogen-bond donors (Lipinski definition) is 1. The Hall–Kier alpha value is -1.84. The Morgan fingerprint density at radius 1 is 1.21 bits per heavy atom. The number of rotatable bonds is 5. The fraction of sp³-hybridized carbons (Fsp3) is 0.467. The van der Waals surface area contributed by atoms with Gasteiger partial charge in [0, 0.05) is 18.7 Å². The van der Waals surface area contributed by atoms with Gasteiger partial charge in [0.2, 0.25) is 5.91 Å². The molecule has 0 spiro atoms. The summed E-state index contributed by atoms with van der Waals surface area (Å²) in [6, 6.07) is 5.85. The summed E-state index contributed by atoms with van der Waals surface area (Å²) in [6.07, 6.45) is 0.360. The zero-order chi connectivity index (χ0) is 14.6. The van der Waals surface area contributed by atoms with Crippen molar-refractivity contribution in [3.8, 4) is 0 Å². The van der Waals surface area contributed by atoms with Crippen LogP contribution in [-0.4, -0.2) is 23.5 Å². The van der Waals surface area contributed by atoms with Crippen molar-refractivity contribution >= 4 is 17.6 Å². The first-order valence-electron chi connectivity index (χ1n) is 6.46. The molecule has 1 aromatic carbocycles. The van der Waals surface area contributed by atoms with E-state index in [4.69, 9.17) is 5.11 Å². The Morgan fingerprint density at radius 2 is 1.74 bits per heavy atom. The second-order valence-corrected chi connectivity index (χ2v) is 4.94. The van der Waals surface area contributed by atoms with E-state index in [1.54, 1.807) is 18.7 Å². The highest BCUT2D eigenvalue weighted by Crippen LogP contribution is 2.21. The predicted octanol–water partition coefficient (Wildman–Crippen LogP) is 2.77. The lowest BCUT2D eigenvalue weighted by Gasteiger charge is -2.25. The molecule has 1 amide bonds. The second-order valence-electron chi connectivity index (χ2n) is 4.94. The number of carboxylic acid groups (broad SMARTS) is 1. The van der Waals surface area contributed by atoms with Crippen LogP contribution in [0.3, 0.4) is 0 Å². The van der Waals surface area contributed by atoms with E-state index in [1.807, 2.05) is 32.0 Å². The van der Waals surface area contributed by atoms with Crippen molar-refractivity contribution in [3.05, 3.63) is 29.3 Å². The molecule has 0 saturated carbocycles. The highest BCUT2D eigenvalue weighted by atomic mass is 16.4. The van der Waals surface area contributed by atoms with Gasteiger partial charge in [-0.1, -0.05) is 19.9 Å². The van der Waals surface area contributed by atoms with Crippen LogP contribution >= 0.6 is 0 Å². The third-order valence-electron chi connectivity index (χ3n) is 3.00. The Bertz CT molecular complexity index is 462. The van der Waals surface area contributed by atoms with Crippen LogP contribution in [0.25, 0.3) is 0 Å². The summed E-state index contributed by atoms with van der Waals surface area (Å²) >= 11 is 0. The number of aryl methyl sites for hydroxylation is 2. The SMILES string of the molecule is CCC(=O)N(CC(C)C(=O)O)c1cc(C)cc(C)c1. The van der Waals surface area contributed by atoms with Gasteiger partial charge in [-0.3, -0.25) is 9.59 Å². The van der Waals surface area contributed by atoms with Crippen molar-refractivity contribution in [1.29, 1.82) is 0 Å². The number of nitrogens with zero attached hydrogens (tertiary/aromatic N) is 1. The number of benzene rings is 1. The molecule has 0 aliphatic heterocycles. The van der Waals surface area contributed by atoms with Crippen LogP contribution < -0.4 is 4.90 Å². The van der Waals surface area contributed by atoms with E-state index in [0.717, 1.165) is 16.8 Å². The van der Waals surface area contributed by atoms with Gasteiger partial charge in [-0.25, -0.2) is 0 Å². The van der Waals surface area contributed by atoms with Crippen LogP contribution in [0.1, 0.15) is 31.4 Å². The maximum absolute atomic E-state index is 12.0. The number of carbonyl (C=O) groups is 2. The predicted molar refractivity (Wildman–Crippen MR) is 75.4 cm³/mol. The number of aliphatic carboxylic acids is 1. The summed E-state index contributed by atoms with van der Waals surface area (Å²) in [5.74, 6) is -1.53. The highest BCUT2D eigenvalue weighted by Gasteiger charge is 2.21. The van der Waals surface area contributed by atoms with Crippen molar-refractivity contribution in [2.24, 2.45) is 5.92 Å². The normalized spacial score (nSPS) is 12.0. The van der Waals surface area contributed by atoms with Gasteiger partial charge in [0.25, 0.3) is 0 Å². The molecule has 0 radical (unpaired) electrons. The Morgan fingerprint density at radius 3 is 2.16 bits per heavy atom. The summed E-state index contributed by atoms with van der Waals surface area (Å²) in [4.78, 5) is 24.6. The van der Waals surface area contributed by atoms with Crippen LogP contribution in [0.15, 0.2) is 18.2 Å². The first-order valence-corrected chi connectivity index (χ1v) is 6.46. The molecule has 1 atom stereocenters. The molecule has 1 aromatic rings. The standard InChI is InChI=1S/C15H21NO3/c1-5-14(17)16(9-12(4)15(18)19)13-7-10(2)6-11(3)8-13/h6-8,12H,5,9H2,1-4H3,(H,18,19). The first kappa shape index (κ1) is 15.2. The van der Waals surface area contributed by atoms with E-state index in [1.165, 1.54) is 0 Å². The maximum atomic E-state index is 12.0. The van der Waals surface area contributed by atoms with Crippen LogP contribution in [-0.2, 0) is 9.59 Å². The molecular formula is C15H21NO3. The Balaban J connectivity index is 3.09. The van der Waals surface area contributed by atoms with Crippen LogP contribution in [0.4, 0.5) is 5.69 Å². The van der Waals surface area contributed by atoms with Gasteiger partial charge in [0.15, 0.2) is 0 Å². The van der Waals surface area contributed by atoms with E-state index in [9.17, 15) is 9.59 Å². The molecule has 0 aromatic heterocycles. The molecule has 19 heavy (non-hydrogen) atoms. The fourth-order valence-electron chi connectivity index (χ4n) is 2.00. The molecule has 1 unspecified atom stereocenters.